The van der Waals surface area contributed by atoms with Crippen molar-refractivity contribution < 1.29 is 4.74 Å². The summed E-state index contributed by atoms with van der Waals surface area (Å²) in [6.07, 6.45) is 1.45. The second kappa shape index (κ2) is 4.11. The highest BCUT2D eigenvalue weighted by atomic mass is 16.5. The first-order chi connectivity index (χ1) is 6.81. The van der Waals surface area contributed by atoms with Gasteiger partial charge >= 0.3 is 0 Å². The molecule has 0 aromatic heterocycles. The third-order valence-electron chi connectivity index (χ3n) is 2.71. The first-order valence-electron chi connectivity index (χ1n) is 5.27. The minimum Gasteiger partial charge on any atom is -0.354 e. The SMILES string of the molecule is CC[C@@H]1N[C@H](C)[C@H](c2ccccc2)O1. The summed E-state index contributed by atoms with van der Waals surface area (Å²) >= 11 is 0. The second-order valence-corrected chi connectivity index (χ2v) is 3.82. The molecule has 0 amide bonds. The molecule has 1 saturated heterocycles. The van der Waals surface area contributed by atoms with Crippen LogP contribution in [0.25, 0.3) is 0 Å². The Morgan fingerprint density at radius 2 is 2.00 bits per heavy atom. The van der Waals surface area contributed by atoms with Crippen molar-refractivity contribution in [1.82, 2.24) is 5.32 Å². The monoisotopic (exact) mass is 191 g/mol. The summed E-state index contributed by atoms with van der Waals surface area (Å²) in [5, 5.41) is 3.43. The van der Waals surface area contributed by atoms with Gasteiger partial charge in [0, 0.05) is 6.04 Å². The second-order valence-electron chi connectivity index (χ2n) is 3.82. The Morgan fingerprint density at radius 1 is 1.29 bits per heavy atom. The number of hydrogen-bond donors (Lipinski definition) is 1. The number of rotatable bonds is 2. The van der Waals surface area contributed by atoms with Gasteiger partial charge in [-0.1, -0.05) is 37.3 Å². The van der Waals surface area contributed by atoms with Crippen LogP contribution >= 0.6 is 0 Å². The van der Waals surface area contributed by atoms with Gasteiger partial charge < -0.3 is 4.74 Å². The lowest BCUT2D eigenvalue weighted by molar-refractivity contribution is 0.0352. The Labute approximate surface area is 85.3 Å². The van der Waals surface area contributed by atoms with E-state index in [-0.39, 0.29) is 12.3 Å². The number of nitrogens with one attached hydrogen (secondary N) is 1. The molecule has 1 fully saturated rings. The molecular formula is C12H17NO. The summed E-state index contributed by atoms with van der Waals surface area (Å²) in [6.45, 7) is 4.31. The van der Waals surface area contributed by atoms with E-state index in [1.807, 2.05) is 6.07 Å². The van der Waals surface area contributed by atoms with Gasteiger partial charge in [0.2, 0.25) is 0 Å². The molecule has 0 saturated carbocycles. The minimum atomic E-state index is 0.209. The quantitative estimate of drug-likeness (QED) is 0.775. The summed E-state index contributed by atoms with van der Waals surface area (Å²) in [6, 6.07) is 10.8. The van der Waals surface area contributed by atoms with Crippen LogP contribution in [-0.4, -0.2) is 12.3 Å². The van der Waals surface area contributed by atoms with Crippen LogP contribution in [0.3, 0.4) is 0 Å². The Balaban J connectivity index is 2.13. The van der Waals surface area contributed by atoms with Gasteiger partial charge in [-0.15, -0.1) is 0 Å². The molecule has 2 rings (SSSR count). The molecule has 1 heterocycles. The van der Waals surface area contributed by atoms with Crippen LogP contribution in [0.1, 0.15) is 31.9 Å². The van der Waals surface area contributed by atoms with Gasteiger partial charge in [-0.3, -0.25) is 5.32 Å². The predicted molar refractivity (Wildman–Crippen MR) is 56.9 cm³/mol. The maximum absolute atomic E-state index is 5.90. The van der Waals surface area contributed by atoms with E-state index in [2.05, 4.69) is 43.4 Å². The van der Waals surface area contributed by atoms with E-state index in [9.17, 15) is 0 Å². The van der Waals surface area contributed by atoms with Crippen molar-refractivity contribution in [1.29, 1.82) is 0 Å². The van der Waals surface area contributed by atoms with Crippen LogP contribution in [0, 0.1) is 0 Å². The molecule has 2 nitrogen and oxygen atoms in total. The Bertz CT molecular complexity index is 286. The van der Waals surface area contributed by atoms with Crippen molar-refractivity contribution >= 4 is 0 Å². The highest BCUT2D eigenvalue weighted by molar-refractivity contribution is 5.19. The third-order valence-corrected chi connectivity index (χ3v) is 2.71. The first-order valence-corrected chi connectivity index (χ1v) is 5.27. The molecule has 1 aliphatic rings. The maximum Gasteiger partial charge on any atom is 0.109 e. The summed E-state index contributed by atoms with van der Waals surface area (Å²) in [7, 11) is 0. The Kier molecular flexibility index (Phi) is 2.85. The van der Waals surface area contributed by atoms with E-state index in [1.165, 1.54) is 5.56 Å². The van der Waals surface area contributed by atoms with E-state index < -0.39 is 0 Å². The molecule has 1 aromatic rings. The molecule has 1 N–H and O–H groups in total. The zero-order valence-corrected chi connectivity index (χ0v) is 8.73. The van der Waals surface area contributed by atoms with E-state index in [0.29, 0.717) is 6.04 Å². The van der Waals surface area contributed by atoms with Gasteiger partial charge in [-0.2, -0.15) is 0 Å². The normalized spacial score (nSPS) is 32.0. The van der Waals surface area contributed by atoms with Gasteiger partial charge in [-0.25, -0.2) is 0 Å². The molecule has 0 unspecified atom stereocenters. The highest BCUT2D eigenvalue weighted by Gasteiger charge is 2.30. The molecular weight excluding hydrogens is 174 g/mol. The molecule has 14 heavy (non-hydrogen) atoms. The summed E-state index contributed by atoms with van der Waals surface area (Å²) < 4.78 is 5.90. The topological polar surface area (TPSA) is 21.3 Å². The van der Waals surface area contributed by atoms with E-state index in [4.69, 9.17) is 4.74 Å². The van der Waals surface area contributed by atoms with Crippen molar-refractivity contribution in [3.05, 3.63) is 35.9 Å². The molecule has 0 radical (unpaired) electrons. The summed E-state index contributed by atoms with van der Waals surface area (Å²) in [5.74, 6) is 0. The van der Waals surface area contributed by atoms with Crippen LogP contribution in [0.2, 0.25) is 0 Å². The van der Waals surface area contributed by atoms with Gasteiger partial charge in [0.05, 0.1) is 6.10 Å². The standard InChI is InChI=1S/C12H17NO/c1-3-11-13-9(2)12(14-11)10-7-5-4-6-8-10/h4-9,11-13H,3H2,1-2H3/t9-,11-,12-/m1/s1. The smallest absolute Gasteiger partial charge is 0.109 e. The van der Waals surface area contributed by atoms with Crippen molar-refractivity contribution in [2.24, 2.45) is 0 Å². The zero-order chi connectivity index (χ0) is 9.97. The minimum absolute atomic E-state index is 0.209. The maximum atomic E-state index is 5.90. The van der Waals surface area contributed by atoms with Crippen LogP contribution < -0.4 is 5.32 Å². The Morgan fingerprint density at radius 3 is 2.57 bits per heavy atom. The Hall–Kier alpha value is -0.860. The van der Waals surface area contributed by atoms with E-state index in [0.717, 1.165) is 6.42 Å². The van der Waals surface area contributed by atoms with Crippen molar-refractivity contribution in [2.75, 3.05) is 0 Å². The summed E-state index contributed by atoms with van der Waals surface area (Å²) in [5.41, 5.74) is 1.27. The molecule has 0 bridgehead atoms. The third kappa shape index (κ3) is 1.81. The van der Waals surface area contributed by atoms with Gasteiger partial charge in [0.15, 0.2) is 0 Å². The number of hydrogen-bond acceptors (Lipinski definition) is 2. The lowest BCUT2D eigenvalue weighted by atomic mass is 10.0. The van der Waals surface area contributed by atoms with Crippen molar-refractivity contribution in [3.63, 3.8) is 0 Å². The van der Waals surface area contributed by atoms with Crippen LogP contribution in [0.4, 0.5) is 0 Å². The first kappa shape index (κ1) is 9.69. The van der Waals surface area contributed by atoms with Gasteiger partial charge in [-0.05, 0) is 18.9 Å². The van der Waals surface area contributed by atoms with E-state index in [1.54, 1.807) is 0 Å². The molecule has 76 valence electrons. The fourth-order valence-corrected chi connectivity index (χ4v) is 1.94. The molecule has 3 atom stereocenters. The highest BCUT2D eigenvalue weighted by Crippen LogP contribution is 2.28. The van der Waals surface area contributed by atoms with Crippen LogP contribution in [-0.2, 0) is 4.74 Å². The molecule has 1 aliphatic heterocycles. The molecule has 2 heteroatoms. The summed E-state index contributed by atoms with van der Waals surface area (Å²) in [4.78, 5) is 0. The number of ether oxygens (including phenoxy) is 1. The molecule has 0 spiro atoms. The van der Waals surface area contributed by atoms with Gasteiger partial charge in [0.25, 0.3) is 0 Å². The van der Waals surface area contributed by atoms with E-state index >= 15 is 0 Å². The molecule has 0 aliphatic carbocycles. The lowest BCUT2D eigenvalue weighted by Gasteiger charge is -2.13. The average molecular weight is 191 g/mol. The predicted octanol–water partition coefficient (Wildman–Crippen LogP) is 2.47. The fraction of sp³-hybridized carbons (Fsp3) is 0.500. The van der Waals surface area contributed by atoms with Crippen LogP contribution in [0.5, 0.6) is 0 Å². The largest absolute Gasteiger partial charge is 0.354 e. The fourth-order valence-electron chi connectivity index (χ4n) is 1.94. The molecule has 1 aromatic carbocycles. The van der Waals surface area contributed by atoms with Crippen molar-refractivity contribution in [3.8, 4) is 0 Å². The lowest BCUT2D eigenvalue weighted by Crippen LogP contribution is -2.27. The van der Waals surface area contributed by atoms with Crippen molar-refractivity contribution in [2.45, 2.75) is 38.6 Å². The van der Waals surface area contributed by atoms with Gasteiger partial charge in [0.1, 0.15) is 6.23 Å². The van der Waals surface area contributed by atoms with Crippen LogP contribution in [0.15, 0.2) is 30.3 Å². The number of benzene rings is 1. The zero-order valence-electron chi connectivity index (χ0n) is 8.73. The average Bonchev–Trinajstić information content (AvgIpc) is 2.61.